The van der Waals surface area contributed by atoms with Gasteiger partial charge in [-0.25, -0.2) is 19.0 Å². The van der Waals surface area contributed by atoms with Gasteiger partial charge in [-0.3, -0.25) is 9.59 Å². The first-order chi connectivity index (χ1) is 22.1. The molecule has 1 aromatic heterocycles. The molecule has 3 aliphatic rings. The summed E-state index contributed by atoms with van der Waals surface area (Å²) in [6.07, 6.45) is 5.10. The summed E-state index contributed by atoms with van der Waals surface area (Å²) in [6, 6.07) is 5.76. The number of nitrogens with zero attached hydrogens (tertiary/aromatic N) is 2. The lowest BCUT2D eigenvalue weighted by molar-refractivity contribution is -0.145. The number of carboxylic acid groups (broad SMARTS) is 1. The number of allylic oxidation sites excluding steroid dienone is 1. The Bertz CT molecular complexity index is 1500. The van der Waals surface area contributed by atoms with Crippen LogP contribution in [0.15, 0.2) is 36.4 Å². The summed E-state index contributed by atoms with van der Waals surface area (Å²) < 4.78 is 29.6. The van der Waals surface area contributed by atoms with Gasteiger partial charge in [0.15, 0.2) is 0 Å². The highest BCUT2D eigenvalue weighted by Crippen LogP contribution is 2.45. The zero-order valence-electron chi connectivity index (χ0n) is 26.1. The number of halogens is 1. The van der Waals surface area contributed by atoms with Crippen molar-refractivity contribution in [3.63, 3.8) is 0 Å². The monoisotopic (exact) mass is 640 g/mol. The number of alkyl halides is 1. The molecule has 0 radical (unpaired) electrons. The van der Waals surface area contributed by atoms with Crippen LogP contribution in [0.2, 0.25) is 0 Å². The topological polar surface area (TPSA) is 156 Å². The van der Waals surface area contributed by atoms with Gasteiger partial charge in [0, 0.05) is 36.3 Å². The maximum absolute atomic E-state index is 13.9. The molecule has 1 aromatic carbocycles. The third-order valence-electron chi connectivity index (χ3n) is 8.79. The molecule has 248 valence electrons. The van der Waals surface area contributed by atoms with Crippen LogP contribution >= 0.6 is 0 Å². The summed E-state index contributed by atoms with van der Waals surface area (Å²) in [5.41, 5.74) is 0.194. The van der Waals surface area contributed by atoms with Crippen molar-refractivity contribution >= 4 is 34.8 Å². The molecule has 3 heterocycles. The first-order valence-corrected chi connectivity index (χ1v) is 15.9. The van der Waals surface area contributed by atoms with Gasteiger partial charge >= 0.3 is 12.1 Å². The average molecular weight is 641 g/mol. The Kier molecular flexibility index (Phi) is 10.3. The number of amides is 3. The standard InChI is InChI=1S/C33H41FN4O8/c1-3-44-27-17-26(24-12-8-9-20(2)29(24)36-27)46-23-16-25-30(40)37-33(31(41)42)18-21(33)10-6-4-5-7-11-22(15-28(39)38(25)19-23)35-32(43)45-14-13-34/h6,8-10,12,17,21-23,25H,3-5,7,11,13-16,18-19H2,1-2H3,(H,35,43)(H,37,40)(H,41,42)/b10-6-/t21-,22-,23+,25-,33+/m0/s1. The van der Waals surface area contributed by atoms with Crippen LogP contribution in [0.3, 0.4) is 0 Å². The normalized spacial score (nSPS) is 27.3. The molecule has 5 atom stereocenters. The van der Waals surface area contributed by atoms with Crippen molar-refractivity contribution in [2.45, 2.75) is 82.5 Å². The number of carbonyl (C=O) groups is 4. The van der Waals surface area contributed by atoms with E-state index in [0.717, 1.165) is 17.4 Å². The van der Waals surface area contributed by atoms with Gasteiger partial charge in [-0.15, -0.1) is 0 Å². The first-order valence-electron chi connectivity index (χ1n) is 15.9. The minimum absolute atomic E-state index is 0.0545. The summed E-state index contributed by atoms with van der Waals surface area (Å²) >= 11 is 0. The predicted octanol–water partition coefficient (Wildman–Crippen LogP) is 3.83. The van der Waals surface area contributed by atoms with Gasteiger partial charge in [-0.1, -0.05) is 30.7 Å². The van der Waals surface area contributed by atoms with Crippen LogP contribution in [0.1, 0.15) is 57.4 Å². The third-order valence-corrected chi connectivity index (χ3v) is 8.79. The second-order valence-electron chi connectivity index (χ2n) is 12.1. The number of carboxylic acids is 1. The lowest BCUT2D eigenvalue weighted by Gasteiger charge is -2.27. The number of carbonyl (C=O) groups excluding carboxylic acids is 3. The molecule has 0 unspecified atom stereocenters. The highest BCUT2D eigenvalue weighted by Gasteiger charge is 2.61. The van der Waals surface area contributed by atoms with Crippen LogP contribution in [-0.4, -0.2) is 89.0 Å². The summed E-state index contributed by atoms with van der Waals surface area (Å²) in [5, 5.41) is 16.2. The van der Waals surface area contributed by atoms with Gasteiger partial charge in [-0.2, -0.15) is 0 Å². The minimum atomic E-state index is -1.43. The van der Waals surface area contributed by atoms with Crippen molar-refractivity contribution in [2.24, 2.45) is 5.92 Å². The molecular formula is C33H41FN4O8. The third kappa shape index (κ3) is 7.34. The molecule has 12 nitrogen and oxygen atoms in total. The molecular weight excluding hydrogens is 599 g/mol. The fraction of sp³-hybridized carbons (Fsp3) is 0.545. The molecule has 1 aliphatic carbocycles. The lowest BCUT2D eigenvalue weighted by Crippen LogP contribution is -2.53. The van der Waals surface area contributed by atoms with E-state index < -0.39 is 60.9 Å². The number of ether oxygens (including phenoxy) is 3. The summed E-state index contributed by atoms with van der Waals surface area (Å²) in [7, 11) is 0. The molecule has 3 N–H and O–H groups in total. The number of rotatable bonds is 8. The van der Waals surface area contributed by atoms with Crippen LogP contribution in [0, 0.1) is 12.8 Å². The largest absolute Gasteiger partial charge is 0.488 e. The van der Waals surface area contributed by atoms with E-state index in [1.54, 1.807) is 6.07 Å². The molecule has 1 saturated heterocycles. The van der Waals surface area contributed by atoms with E-state index in [4.69, 9.17) is 14.2 Å². The van der Waals surface area contributed by atoms with E-state index >= 15 is 0 Å². The predicted molar refractivity (Wildman–Crippen MR) is 165 cm³/mol. The quantitative estimate of drug-likeness (QED) is 0.365. The summed E-state index contributed by atoms with van der Waals surface area (Å²) in [5.74, 6) is -1.60. The van der Waals surface area contributed by atoms with E-state index in [2.05, 4.69) is 15.6 Å². The SMILES string of the molecule is CCOc1cc(O[C@@H]2C[C@H]3C(=O)N[C@]4(C(=O)O)C[C@@H]4/C=C\CCCC[C@H](NC(=O)OCCF)CC(=O)N3C2)c2cccc(C)c2n1. The molecule has 5 rings (SSSR count). The Morgan fingerprint density at radius 3 is 2.85 bits per heavy atom. The molecule has 0 bridgehead atoms. The Morgan fingerprint density at radius 2 is 2.09 bits per heavy atom. The number of hydrogen-bond acceptors (Lipinski definition) is 8. The van der Waals surface area contributed by atoms with Crippen LogP contribution < -0.4 is 20.1 Å². The molecule has 13 heteroatoms. The number of aryl methyl sites for hydroxylation is 1. The zero-order valence-corrected chi connectivity index (χ0v) is 26.1. The van der Waals surface area contributed by atoms with Gasteiger partial charge < -0.3 is 34.9 Å². The van der Waals surface area contributed by atoms with Crippen LogP contribution in [0.4, 0.5) is 9.18 Å². The van der Waals surface area contributed by atoms with Gasteiger partial charge in [0.1, 0.15) is 36.7 Å². The van der Waals surface area contributed by atoms with E-state index in [9.17, 15) is 28.7 Å². The number of nitrogens with one attached hydrogen (secondary N) is 2. The smallest absolute Gasteiger partial charge is 0.407 e. The number of aromatic nitrogens is 1. The van der Waals surface area contributed by atoms with E-state index in [0.29, 0.717) is 43.0 Å². The number of aliphatic carboxylic acids is 1. The van der Waals surface area contributed by atoms with Crippen molar-refractivity contribution in [3.8, 4) is 11.6 Å². The molecule has 2 aromatic rings. The fourth-order valence-electron chi connectivity index (χ4n) is 6.32. The van der Waals surface area contributed by atoms with Gasteiger partial charge in [0.25, 0.3) is 0 Å². The molecule has 0 spiro atoms. The fourth-order valence-corrected chi connectivity index (χ4v) is 6.32. The van der Waals surface area contributed by atoms with Crippen molar-refractivity contribution in [1.29, 1.82) is 0 Å². The second-order valence-corrected chi connectivity index (χ2v) is 12.1. The molecule has 46 heavy (non-hydrogen) atoms. The Labute approximate surface area is 266 Å². The maximum atomic E-state index is 13.9. The van der Waals surface area contributed by atoms with Gasteiger partial charge in [0.2, 0.25) is 17.7 Å². The van der Waals surface area contributed by atoms with Crippen molar-refractivity contribution in [1.82, 2.24) is 20.5 Å². The van der Waals surface area contributed by atoms with E-state index in [-0.39, 0.29) is 31.7 Å². The highest BCUT2D eigenvalue weighted by molar-refractivity contribution is 5.95. The van der Waals surface area contributed by atoms with Crippen LogP contribution in [-0.2, 0) is 19.1 Å². The van der Waals surface area contributed by atoms with E-state index in [1.807, 2.05) is 44.2 Å². The molecule has 3 amide bonds. The number of hydrogen-bond donors (Lipinski definition) is 3. The molecule has 2 aliphatic heterocycles. The highest BCUT2D eigenvalue weighted by atomic mass is 19.1. The Morgan fingerprint density at radius 1 is 1.26 bits per heavy atom. The maximum Gasteiger partial charge on any atom is 0.407 e. The Balaban J connectivity index is 1.43. The minimum Gasteiger partial charge on any atom is -0.488 e. The van der Waals surface area contributed by atoms with Gasteiger partial charge in [-0.05, 0) is 51.2 Å². The average Bonchev–Trinajstić information content (AvgIpc) is 3.55. The summed E-state index contributed by atoms with van der Waals surface area (Å²) in [6.45, 7) is 3.01. The number of fused-ring (bicyclic) bond motifs is 3. The van der Waals surface area contributed by atoms with Crippen molar-refractivity contribution in [3.05, 3.63) is 42.0 Å². The summed E-state index contributed by atoms with van der Waals surface area (Å²) in [4.78, 5) is 58.3. The lowest BCUT2D eigenvalue weighted by atomic mass is 10.0. The number of benzene rings is 1. The van der Waals surface area contributed by atoms with E-state index in [1.165, 1.54) is 4.90 Å². The molecule has 2 fully saturated rings. The first kappa shape index (κ1) is 33.0. The second kappa shape index (κ2) is 14.3. The van der Waals surface area contributed by atoms with Crippen molar-refractivity contribution < 1.29 is 42.9 Å². The number of pyridine rings is 1. The van der Waals surface area contributed by atoms with Crippen LogP contribution in [0.25, 0.3) is 10.9 Å². The van der Waals surface area contributed by atoms with Crippen molar-refractivity contribution in [2.75, 3.05) is 26.4 Å². The molecule has 1 saturated carbocycles. The number of para-hydroxylation sites is 1. The number of alkyl carbamates (subject to hydrolysis) is 1. The van der Waals surface area contributed by atoms with Crippen LogP contribution in [0.5, 0.6) is 11.6 Å². The van der Waals surface area contributed by atoms with Gasteiger partial charge in [0.05, 0.1) is 18.7 Å². The zero-order chi connectivity index (χ0) is 32.8. The Hall–Kier alpha value is -4.42.